The number of hydrogen-bond donors (Lipinski definition) is 3. The van der Waals surface area contributed by atoms with E-state index in [2.05, 4.69) is 10.6 Å². The molecular formula is C27H29ClF2N4O5. The Kier molecular flexibility index (Phi) is 9.01. The van der Waals surface area contributed by atoms with E-state index in [9.17, 15) is 33.1 Å². The van der Waals surface area contributed by atoms with Gasteiger partial charge in [-0.15, -0.1) is 0 Å². The molecule has 4 amide bonds. The summed E-state index contributed by atoms with van der Waals surface area (Å²) in [5.74, 6) is -4.68. The Balaban J connectivity index is 1.62. The second-order valence-corrected chi connectivity index (χ2v) is 10.2. The topological polar surface area (TPSA) is 119 Å². The van der Waals surface area contributed by atoms with Gasteiger partial charge in [-0.25, -0.2) is 13.6 Å². The van der Waals surface area contributed by atoms with E-state index in [1.54, 1.807) is 24.3 Å². The lowest BCUT2D eigenvalue weighted by Crippen LogP contribution is -2.57. The van der Waals surface area contributed by atoms with Gasteiger partial charge in [0.1, 0.15) is 11.6 Å². The fourth-order valence-corrected chi connectivity index (χ4v) is 5.35. The number of anilines is 1. The lowest BCUT2D eigenvalue weighted by Gasteiger charge is -2.34. The predicted molar refractivity (Wildman–Crippen MR) is 139 cm³/mol. The fourth-order valence-electron chi connectivity index (χ4n) is 5.23. The number of carbonyl (C=O) groups is 4. The highest BCUT2D eigenvalue weighted by atomic mass is 35.5. The predicted octanol–water partition coefficient (Wildman–Crippen LogP) is 4.47. The maximum absolute atomic E-state index is 13.9. The molecule has 1 aliphatic carbocycles. The Morgan fingerprint density at radius 2 is 1.56 bits per heavy atom. The number of halogens is 3. The number of aliphatic carboxylic acids is 1. The van der Waals surface area contributed by atoms with E-state index in [4.69, 9.17) is 11.6 Å². The van der Waals surface area contributed by atoms with Gasteiger partial charge in [-0.1, -0.05) is 30.9 Å². The monoisotopic (exact) mass is 562 g/mol. The molecule has 1 aliphatic heterocycles. The molecular weight excluding hydrogens is 534 g/mol. The molecule has 0 spiro atoms. The van der Waals surface area contributed by atoms with Gasteiger partial charge in [0.25, 0.3) is 11.8 Å². The summed E-state index contributed by atoms with van der Waals surface area (Å²) in [7, 11) is 0. The third-order valence-electron chi connectivity index (χ3n) is 7.07. The molecule has 1 heterocycles. The molecule has 9 nitrogen and oxygen atoms in total. The van der Waals surface area contributed by atoms with Gasteiger partial charge in [0.05, 0.1) is 6.42 Å². The average molecular weight is 563 g/mol. The van der Waals surface area contributed by atoms with E-state index in [-0.39, 0.29) is 31.0 Å². The SMILES string of the molecule is O=C(O)CC(NC(=O)C1N(C(=O)Nc2ccc(Cl)cc2)CCN1C(=O)c1cc(F)cc(F)c1)C1CCCCC1. The molecule has 0 radical (unpaired) electrons. The summed E-state index contributed by atoms with van der Waals surface area (Å²) in [5.41, 5.74) is 0.0751. The number of carboxylic acid groups (broad SMARTS) is 1. The zero-order chi connectivity index (χ0) is 28.1. The average Bonchev–Trinajstić information content (AvgIpc) is 3.34. The van der Waals surface area contributed by atoms with Crippen molar-refractivity contribution in [1.82, 2.24) is 15.1 Å². The summed E-state index contributed by atoms with van der Waals surface area (Å²) in [6.45, 7) is -0.135. The Morgan fingerprint density at radius 3 is 2.18 bits per heavy atom. The summed E-state index contributed by atoms with van der Waals surface area (Å²) >= 11 is 5.91. The Morgan fingerprint density at radius 1 is 0.949 bits per heavy atom. The molecule has 1 saturated heterocycles. The van der Waals surface area contributed by atoms with E-state index in [1.807, 2.05) is 0 Å². The molecule has 2 unspecified atom stereocenters. The molecule has 4 rings (SSSR count). The molecule has 2 aromatic rings. The quantitative estimate of drug-likeness (QED) is 0.460. The molecule has 208 valence electrons. The van der Waals surface area contributed by atoms with Gasteiger partial charge in [0.2, 0.25) is 0 Å². The van der Waals surface area contributed by atoms with Crippen molar-refractivity contribution in [2.24, 2.45) is 5.92 Å². The molecule has 3 N–H and O–H groups in total. The number of amides is 4. The zero-order valence-corrected chi connectivity index (χ0v) is 21.8. The van der Waals surface area contributed by atoms with Crippen LogP contribution in [0.3, 0.4) is 0 Å². The Hall–Kier alpha value is -3.73. The van der Waals surface area contributed by atoms with Crippen LogP contribution in [0.4, 0.5) is 19.3 Å². The number of urea groups is 1. The fraction of sp³-hybridized carbons (Fsp3) is 0.407. The maximum atomic E-state index is 13.9. The summed E-state index contributed by atoms with van der Waals surface area (Å²) in [6, 6.07) is 7.20. The number of nitrogens with one attached hydrogen (secondary N) is 2. The van der Waals surface area contributed by atoms with E-state index in [0.717, 1.165) is 54.0 Å². The molecule has 2 atom stereocenters. The zero-order valence-electron chi connectivity index (χ0n) is 21.0. The summed E-state index contributed by atoms with van der Waals surface area (Å²) in [4.78, 5) is 54.1. The van der Waals surface area contributed by atoms with E-state index >= 15 is 0 Å². The standard InChI is InChI=1S/C27H29ClF2N4O5/c28-18-6-8-21(9-7-18)31-27(39)34-11-10-33(26(38)17-12-19(29)14-20(30)13-17)25(34)24(37)32-22(15-23(35)36)16-4-2-1-3-5-16/h6-9,12-14,16,22,25H,1-5,10-11,15H2,(H,31,39)(H,32,37)(H,35,36). The van der Waals surface area contributed by atoms with E-state index in [0.29, 0.717) is 16.8 Å². The number of benzene rings is 2. The number of hydrogen-bond acceptors (Lipinski definition) is 4. The van der Waals surface area contributed by atoms with Crippen molar-refractivity contribution in [3.8, 4) is 0 Å². The molecule has 1 saturated carbocycles. The van der Waals surface area contributed by atoms with Gasteiger partial charge < -0.3 is 20.6 Å². The van der Waals surface area contributed by atoms with Crippen LogP contribution in [-0.2, 0) is 9.59 Å². The summed E-state index contributed by atoms with van der Waals surface area (Å²) in [6.07, 6.45) is 2.54. The van der Waals surface area contributed by atoms with Crippen molar-refractivity contribution in [2.45, 2.75) is 50.7 Å². The first kappa shape index (κ1) is 28.3. The lowest BCUT2D eigenvalue weighted by molar-refractivity contribution is -0.138. The molecule has 0 aromatic heterocycles. The second kappa shape index (κ2) is 12.4. The van der Waals surface area contributed by atoms with Gasteiger partial charge in [-0.2, -0.15) is 0 Å². The molecule has 2 aliphatic rings. The maximum Gasteiger partial charge on any atom is 0.323 e. The highest BCUT2D eigenvalue weighted by Crippen LogP contribution is 2.29. The number of nitrogens with zero attached hydrogens (tertiary/aromatic N) is 2. The van der Waals surface area contributed by atoms with Crippen LogP contribution in [0.15, 0.2) is 42.5 Å². The van der Waals surface area contributed by atoms with Crippen LogP contribution in [0.2, 0.25) is 5.02 Å². The van der Waals surface area contributed by atoms with Crippen molar-refractivity contribution >= 4 is 41.1 Å². The molecule has 2 aromatic carbocycles. The van der Waals surface area contributed by atoms with Gasteiger partial charge in [0.15, 0.2) is 6.17 Å². The van der Waals surface area contributed by atoms with Crippen LogP contribution in [0, 0.1) is 17.6 Å². The van der Waals surface area contributed by atoms with Crippen LogP contribution in [-0.4, -0.2) is 64.0 Å². The van der Waals surface area contributed by atoms with Crippen molar-refractivity contribution < 1.29 is 33.1 Å². The van der Waals surface area contributed by atoms with Crippen molar-refractivity contribution in [2.75, 3.05) is 18.4 Å². The molecule has 12 heteroatoms. The lowest BCUT2D eigenvalue weighted by atomic mass is 9.82. The Bertz CT molecular complexity index is 1220. The second-order valence-electron chi connectivity index (χ2n) is 9.77. The van der Waals surface area contributed by atoms with Crippen molar-refractivity contribution in [1.29, 1.82) is 0 Å². The molecule has 2 fully saturated rings. The van der Waals surface area contributed by atoms with Gasteiger partial charge in [-0.05, 0) is 55.2 Å². The van der Waals surface area contributed by atoms with Gasteiger partial charge in [0, 0.05) is 41.5 Å². The third-order valence-corrected chi connectivity index (χ3v) is 7.33. The van der Waals surface area contributed by atoms with E-state index in [1.165, 1.54) is 0 Å². The minimum Gasteiger partial charge on any atom is -0.481 e. The highest BCUT2D eigenvalue weighted by Gasteiger charge is 2.44. The van der Waals surface area contributed by atoms with Crippen LogP contribution in [0.1, 0.15) is 48.9 Å². The van der Waals surface area contributed by atoms with E-state index < -0.39 is 47.7 Å². The van der Waals surface area contributed by atoms with Crippen LogP contribution in [0.25, 0.3) is 0 Å². The summed E-state index contributed by atoms with van der Waals surface area (Å²) in [5, 5.41) is 15.4. The van der Waals surface area contributed by atoms with Crippen molar-refractivity contribution in [3.05, 3.63) is 64.7 Å². The van der Waals surface area contributed by atoms with Crippen LogP contribution < -0.4 is 10.6 Å². The molecule has 39 heavy (non-hydrogen) atoms. The minimum absolute atomic E-state index is 0.0475. The van der Waals surface area contributed by atoms with Gasteiger partial charge in [-0.3, -0.25) is 19.3 Å². The third kappa shape index (κ3) is 7.03. The van der Waals surface area contributed by atoms with Crippen molar-refractivity contribution in [3.63, 3.8) is 0 Å². The highest BCUT2D eigenvalue weighted by molar-refractivity contribution is 6.30. The van der Waals surface area contributed by atoms with Crippen LogP contribution in [0.5, 0.6) is 0 Å². The number of carbonyl (C=O) groups excluding carboxylic acids is 3. The first-order valence-corrected chi connectivity index (χ1v) is 13.1. The Labute approximate surface area is 229 Å². The van der Waals surface area contributed by atoms with Gasteiger partial charge >= 0.3 is 12.0 Å². The first-order valence-electron chi connectivity index (χ1n) is 12.7. The number of rotatable bonds is 7. The smallest absolute Gasteiger partial charge is 0.323 e. The van der Waals surface area contributed by atoms with Crippen LogP contribution >= 0.6 is 11.6 Å². The normalized spacial score (nSPS) is 18.5. The summed E-state index contributed by atoms with van der Waals surface area (Å²) < 4.78 is 27.8. The largest absolute Gasteiger partial charge is 0.481 e. The minimum atomic E-state index is -1.48. The number of carboxylic acids is 1. The molecule has 0 bridgehead atoms. The first-order chi connectivity index (χ1) is 18.6.